The lowest BCUT2D eigenvalue weighted by Crippen LogP contribution is -2.30. The maximum absolute atomic E-state index is 14.6. The van der Waals surface area contributed by atoms with Crippen LogP contribution in [-0.4, -0.2) is 12.3 Å². The summed E-state index contributed by atoms with van der Waals surface area (Å²) >= 11 is 0. The van der Waals surface area contributed by atoms with Gasteiger partial charge in [-0.1, -0.05) is 109 Å². The van der Waals surface area contributed by atoms with Crippen LogP contribution in [0.1, 0.15) is 36.4 Å². The van der Waals surface area contributed by atoms with Crippen molar-refractivity contribution in [3.63, 3.8) is 0 Å². The van der Waals surface area contributed by atoms with Crippen LogP contribution in [0.25, 0.3) is 0 Å². The Hall–Kier alpha value is -3.56. The molecule has 194 valence electrons. The molecule has 4 aromatic rings. The van der Waals surface area contributed by atoms with Crippen molar-refractivity contribution in [3.05, 3.63) is 145 Å². The van der Waals surface area contributed by atoms with E-state index < -0.39 is 7.29 Å². The van der Waals surface area contributed by atoms with Crippen LogP contribution < -0.4 is 21.0 Å². The van der Waals surface area contributed by atoms with Gasteiger partial charge in [-0.3, -0.25) is 14.4 Å². The lowest BCUT2D eigenvalue weighted by atomic mass is 10.0. The fraction of sp³-hybridized carbons (Fsp3) is 0.182. The predicted molar refractivity (Wildman–Crippen MR) is 158 cm³/mol. The summed E-state index contributed by atoms with van der Waals surface area (Å²) in [4.78, 5) is 12.3. The Balaban J connectivity index is 1.39. The third-order valence-electron chi connectivity index (χ3n) is 6.40. The van der Waals surface area contributed by atoms with Gasteiger partial charge in [0, 0.05) is 29.6 Å². The number of hydrogen-bond acceptors (Lipinski definition) is 3. The van der Waals surface area contributed by atoms with Gasteiger partial charge >= 0.3 is 0 Å². The average Bonchev–Trinajstić information content (AvgIpc) is 2.98. The molecule has 1 atom stereocenters. The highest BCUT2D eigenvalue weighted by molar-refractivity contribution is 7.76. The first-order chi connectivity index (χ1) is 18.6. The van der Waals surface area contributed by atoms with Gasteiger partial charge in [0.05, 0.1) is 6.54 Å². The molecule has 1 unspecified atom stereocenters. The highest BCUT2D eigenvalue weighted by Crippen LogP contribution is 2.42. The van der Waals surface area contributed by atoms with Crippen LogP contribution in [-0.2, 0) is 15.9 Å². The molecule has 0 aliphatic carbocycles. The molecule has 2 N–H and O–H groups in total. The molecule has 0 spiro atoms. The summed E-state index contributed by atoms with van der Waals surface area (Å²) < 4.78 is 14.6. The standard InChI is InChI=1S/C33H35N2O2P/c36-30(27-34-26-28-16-6-1-7-17-28)20-10-3-15-25-33(29-18-8-2-9-19-29)35-38(37,31-21-11-4-12-22-31)32-23-13-5-14-24-32/h1-9,11-19,21-24,33-34H,10,20,25-27H2,(H,35,37)/b15-3+. The summed E-state index contributed by atoms with van der Waals surface area (Å²) in [5.74, 6) is 0.195. The summed E-state index contributed by atoms with van der Waals surface area (Å²) in [5, 5.41) is 8.34. The van der Waals surface area contributed by atoms with Crippen molar-refractivity contribution < 1.29 is 9.36 Å². The predicted octanol–water partition coefficient (Wildman–Crippen LogP) is 6.33. The summed E-state index contributed by atoms with van der Waals surface area (Å²) in [6.45, 7) is 1.06. The molecule has 0 aliphatic heterocycles. The van der Waals surface area contributed by atoms with E-state index in [2.05, 4.69) is 34.7 Å². The van der Waals surface area contributed by atoms with E-state index in [0.29, 0.717) is 32.4 Å². The Labute approximate surface area is 226 Å². The fourth-order valence-corrected chi connectivity index (χ4v) is 6.84. The number of carbonyl (C=O) groups is 1. The summed E-state index contributed by atoms with van der Waals surface area (Å²) in [6, 6.07) is 39.3. The van der Waals surface area contributed by atoms with Crippen LogP contribution in [0.15, 0.2) is 133 Å². The van der Waals surface area contributed by atoms with Crippen LogP contribution in [0.2, 0.25) is 0 Å². The maximum atomic E-state index is 14.6. The number of carbonyl (C=O) groups excluding carboxylic acids is 1. The summed E-state index contributed by atoms with van der Waals surface area (Å²) in [5.41, 5.74) is 2.24. The van der Waals surface area contributed by atoms with E-state index in [9.17, 15) is 9.36 Å². The summed E-state index contributed by atoms with van der Waals surface area (Å²) in [6.07, 6.45) is 5.99. The van der Waals surface area contributed by atoms with Crippen molar-refractivity contribution in [1.29, 1.82) is 0 Å². The Bertz CT molecular complexity index is 1280. The molecule has 0 aliphatic rings. The molecule has 0 bridgehead atoms. The number of allylic oxidation sites excluding steroid dienone is 1. The van der Waals surface area contributed by atoms with Crippen LogP contribution in [0.4, 0.5) is 0 Å². The van der Waals surface area contributed by atoms with Gasteiger partial charge in [0.2, 0.25) is 7.29 Å². The zero-order valence-electron chi connectivity index (χ0n) is 21.6. The number of ketones is 1. The van der Waals surface area contributed by atoms with E-state index in [4.69, 9.17) is 0 Å². The van der Waals surface area contributed by atoms with Gasteiger partial charge in [0.1, 0.15) is 5.78 Å². The molecule has 4 rings (SSSR count). The van der Waals surface area contributed by atoms with E-state index in [1.54, 1.807) is 0 Å². The molecule has 0 amide bonds. The number of hydrogen-bond donors (Lipinski definition) is 2. The first-order valence-electron chi connectivity index (χ1n) is 13.1. The first kappa shape index (κ1) is 27.5. The molecule has 0 fully saturated rings. The van der Waals surface area contributed by atoms with E-state index >= 15 is 0 Å². The Morgan fingerprint density at radius 2 is 1.24 bits per heavy atom. The van der Waals surface area contributed by atoms with Gasteiger partial charge < -0.3 is 5.32 Å². The zero-order chi connectivity index (χ0) is 26.5. The molecular weight excluding hydrogens is 487 g/mol. The SMILES string of the molecule is O=C(CC/C=C/CC(NP(=O)(c1ccccc1)c1ccccc1)c1ccccc1)CNCc1ccccc1. The normalized spacial score (nSPS) is 12.4. The molecular formula is C33H35N2O2P. The fourth-order valence-electron chi connectivity index (χ4n) is 4.37. The van der Waals surface area contributed by atoms with E-state index in [-0.39, 0.29) is 11.8 Å². The molecule has 0 heterocycles. The minimum Gasteiger partial charge on any atom is -0.306 e. The lowest BCUT2D eigenvalue weighted by molar-refractivity contribution is -0.118. The minimum absolute atomic E-state index is 0.151. The van der Waals surface area contributed by atoms with Crippen molar-refractivity contribution in [2.24, 2.45) is 0 Å². The second kappa shape index (κ2) is 14.4. The lowest BCUT2D eigenvalue weighted by Gasteiger charge is -2.27. The van der Waals surface area contributed by atoms with Gasteiger partial charge in [-0.15, -0.1) is 0 Å². The quantitative estimate of drug-likeness (QED) is 0.150. The third kappa shape index (κ3) is 7.97. The molecule has 5 heteroatoms. The monoisotopic (exact) mass is 522 g/mol. The van der Waals surface area contributed by atoms with Crippen molar-refractivity contribution in [2.45, 2.75) is 31.8 Å². The molecule has 0 saturated carbocycles. The topological polar surface area (TPSA) is 58.2 Å². The van der Waals surface area contributed by atoms with E-state index in [1.165, 1.54) is 5.56 Å². The maximum Gasteiger partial charge on any atom is 0.205 e. The highest BCUT2D eigenvalue weighted by Gasteiger charge is 2.30. The van der Waals surface area contributed by atoms with Crippen LogP contribution in [0, 0.1) is 0 Å². The Kier molecular flexibility index (Phi) is 10.4. The van der Waals surface area contributed by atoms with Gasteiger partial charge in [0.25, 0.3) is 0 Å². The third-order valence-corrected chi connectivity index (χ3v) is 9.13. The molecule has 0 aromatic heterocycles. The van der Waals surface area contributed by atoms with Crippen LogP contribution in [0.3, 0.4) is 0 Å². The van der Waals surface area contributed by atoms with E-state index in [0.717, 1.165) is 16.2 Å². The Morgan fingerprint density at radius 1 is 0.711 bits per heavy atom. The van der Waals surface area contributed by atoms with Crippen molar-refractivity contribution in [3.8, 4) is 0 Å². The smallest absolute Gasteiger partial charge is 0.205 e. The van der Waals surface area contributed by atoms with E-state index in [1.807, 2.05) is 109 Å². The second-order valence-electron chi connectivity index (χ2n) is 9.25. The van der Waals surface area contributed by atoms with Crippen molar-refractivity contribution in [1.82, 2.24) is 10.4 Å². The zero-order valence-corrected chi connectivity index (χ0v) is 22.5. The van der Waals surface area contributed by atoms with Gasteiger partial charge in [-0.05, 0) is 48.2 Å². The average molecular weight is 523 g/mol. The van der Waals surface area contributed by atoms with Crippen molar-refractivity contribution >= 4 is 23.7 Å². The van der Waals surface area contributed by atoms with Gasteiger partial charge in [-0.2, -0.15) is 0 Å². The second-order valence-corrected chi connectivity index (χ2v) is 11.8. The van der Waals surface area contributed by atoms with Crippen LogP contribution in [0.5, 0.6) is 0 Å². The number of rotatable bonds is 14. The minimum atomic E-state index is -3.10. The number of Topliss-reactive ketones (excluding diaryl/α,β-unsaturated/α-hetero) is 1. The summed E-state index contributed by atoms with van der Waals surface area (Å²) in [7, 11) is -3.10. The van der Waals surface area contributed by atoms with Crippen molar-refractivity contribution in [2.75, 3.05) is 6.54 Å². The number of nitrogens with one attached hydrogen (secondary N) is 2. The Morgan fingerprint density at radius 3 is 1.82 bits per heavy atom. The molecule has 4 nitrogen and oxygen atoms in total. The number of benzene rings is 4. The largest absolute Gasteiger partial charge is 0.306 e. The molecule has 38 heavy (non-hydrogen) atoms. The molecule has 0 radical (unpaired) electrons. The molecule has 0 saturated heterocycles. The van der Waals surface area contributed by atoms with Crippen LogP contribution >= 0.6 is 7.29 Å². The highest BCUT2D eigenvalue weighted by atomic mass is 31.2. The van der Waals surface area contributed by atoms with Gasteiger partial charge in [-0.25, -0.2) is 0 Å². The first-order valence-corrected chi connectivity index (χ1v) is 14.8. The van der Waals surface area contributed by atoms with Gasteiger partial charge in [0.15, 0.2) is 0 Å². The molecule has 4 aromatic carbocycles.